The van der Waals surface area contributed by atoms with Crippen LogP contribution in [0.2, 0.25) is 5.02 Å². The maximum Gasteiger partial charge on any atom is 0.127 e. The van der Waals surface area contributed by atoms with Gasteiger partial charge in [0.05, 0.1) is 0 Å². The number of aryl methyl sites for hydroxylation is 1. The van der Waals surface area contributed by atoms with Gasteiger partial charge < -0.3 is 4.74 Å². The predicted molar refractivity (Wildman–Crippen MR) is 113 cm³/mol. The number of allylic oxidation sites excluding steroid dienone is 2. The number of halogens is 1. The van der Waals surface area contributed by atoms with Gasteiger partial charge in [-0.25, -0.2) is 0 Å². The molecule has 0 bridgehead atoms. The molecule has 3 aromatic rings. The van der Waals surface area contributed by atoms with Crippen LogP contribution in [0.5, 0.6) is 11.5 Å². The Kier molecular flexibility index (Phi) is 5.60. The minimum Gasteiger partial charge on any atom is -0.457 e. The van der Waals surface area contributed by atoms with Crippen molar-refractivity contribution in [3.05, 3.63) is 101 Å². The Hall–Kier alpha value is -2.51. The molecule has 0 aliphatic heterocycles. The third kappa shape index (κ3) is 5.02. The maximum atomic E-state index is 6.04. The highest BCUT2D eigenvalue weighted by Gasteiger charge is 2.26. The molecule has 0 amide bonds. The summed E-state index contributed by atoms with van der Waals surface area (Å²) in [6.45, 7) is 0. The fourth-order valence-corrected chi connectivity index (χ4v) is 3.47. The van der Waals surface area contributed by atoms with Gasteiger partial charge in [-0.2, -0.15) is 0 Å². The Labute approximate surface area is 166 Å². The molecule has 136 valence electrons. The summed E-state index contributed by atoms with van der Waals surface area (Å²) >= 11 is 6.04. The largest absolute Gasteiger partial charge is 0.457 e. The second-order valence-corrected chi connectivity index (χ2v) is 7.48. The second-order valence-electron chi connectivity index (χ2n) is 7.04. The number of rotatable bonds is 7. The minimum atomic E-state index is 0.721. The summed E-state index contributed by atoms with van der Waals surface area (Å²) in [6.07, 6.45) is 7.05. The summed E-state index contributed by atoms with van der Waals surface area (Å²) in [5.41, 5.74) is 4.08. The Balaban J connectivity index is 1.42. The average molecular weight is 375 g/mol. The summed E-state index contributed by atoms with van der Waals surface area (Å²) in [6, 6.07) is 26.6. The van der Waals surface area contributed by atoms with E-state index in [1.54, 1.807) is 0 Å². The fourth-order valence-electron chi connectivity index (χ4n) is 3.34. The Morgan fingerprint density at radius 3 is 2.37 bits per heavy atom. The zero-order valence-corrected chi connectivity index (χ0v) is 16.0. The highest BCUT2D eigenvalue weighted by Crippen LogP contribution is 2.42. The Morgan fingerprint density at radius 2 is 1.63 bits per heavy atom. The van der Waals surface area contributed by atoms with Crippen LogP contribution in [0.1, 0.15) is 30.4 Å². The van der Waals surface area contributed by atoms with Crippen molar-refractivity contribution >= 4 is 17.2 Å². The normalized spacial score (nSPS) is 14.2. The van der Waals surface area contributed by atoms with Crippen molar-refractivity contribution in [1.82, 2.24) is 0 Å². The Bertz CT molecular complexity index is 909. The van der Waals surface area contributed by atoms with E-state index < -0.39 is 0 Å². The zero-order chi connectivity index (χ0) is 18.5. The van der Waals surface area contributed by atoms with Gasteiger partial charge in [0.15, 0.2) is 0 Å². The topological polar surface area (TPSA) is 9.23 Å². The van der Waals surface area contributed by atoms with E-state index >= 15 is 0 Å². The van der Waals surface area contributed by atoms with Gasteiger partial charge >= 0.3 is 0 Å². The molecule has 1 saturated carbocycles. The minimum absolute atomic E-state index is 0.721. The molecule has 0 atom stereocenters. The number of hydrogen-bond donors (Lipinski definition) is 0. The van der Waals surface area contributed by atoms with E-state index in [9.17, 15) is 0 Å². The number of para-hydroxylation sites is 1. The molecule has 0 unspecified atom stereocenters. The van der Waals surface area contributed by atoms with Crippen LogP contribution in [-0.4, -0.2) is 0 Å². The molecular weight excluding hydrogens is 352 g/mol. The van der Waals surface area contributed by atoms with E-state index in [0.29, 0.717) is 0 Å². The first-order chi connectivity index (χ1) is 13.3. The van der Waals surface area contributed by atoms with E-state index in [0.717, 1.165) is 35.3 Å². The summed E-state index contributed by atoms with van der Waals surface area (Å²) < 4.78 is 5.95. The van der Waals surface area contributed by atoms with Gasteiger partial charge in [-0.3, -0.25) is 0 Å². The zero-order valence-electron chi connectivity index (χ0n) is 15.3. The molecule has 0 saturated heterocycles. The molecule has 1 aliphatic carbocycles. The lowest BCUT2D eigenvalue weighted by Crippen LogP contribution is -1.90. The monoisotopic (exact) mass is 374 g/mol. The molecule has 3 aromatic carbocycles. The van der Waals surface area contributed by atoms with E-state index in [1.165, 1.54) is 29.5 Å². The van der Waals surface area contributed by atoms with E-state index in [2.05, 4.69) is 36.4 Å². The first kappa shape index (κ1) is 17.9. The predicted octanol–water partition coefficient (Wildman–Crippen LogP) is 7.56. The molecule has 0 aromatic heterocycles. The molecule has 1 nitrogen and oxygen atoms in total. The van der Waals surface area contributed by atoms with Crippen molar-refractivity contribution in [3.63, 3.8) is 0 Å². The SMILES string of the molecule is Clc1ccc(C(=CCCc2cccc(Oc3ccccc3)c2)C2CC2)cc1. The van der Waals surface area contributed by atoms with Crippen LogP contribution < -0.4 is 4.74 Å². The van der Waals surface area contributed by atoms with Crippen molar-refractivity contribution in [3.8, 4) is 11.5 Å². The van der Waals surface area contributed by atoms with Gasteiger partial charge in [0.2, 0.25) is 0 Å². The van der Waals surface area contributed by atoms with Gasteiger partial charge in [0.1, 0.15) is 11.5 Å². The highest BCUT2D eigenvalue weighted by molar-refractivity contribution is 6.30. The summed E-state index contributed by atoms with van der Waals surface area (Å²) in [5.74, 6) is 2.48. The first-order valence-electron chi connectivity index (χ1n) is 9.56. The maximum absolute atomic E-state index is 6.04. The van der Waals surface area contributed by atoms with E-state index in [4.69, 9.17) is 16.3 Å². The molecule has 0 heterocycles. The van der Waals surface area contributed by atoms with E-state index in [1.807, 2.05) is 48.5 Å². The number of benzene rings is 3. The summed E-state index contributed by atoms with van der Waals surface area (Å²) in [5, 5.41) is 0.795. The van der Waals surface area contributed by atoms with E-state index in [-0.39, 0.29) is 0 Å². The first-order valence-corrected chi connectivity index (χ1v) is 9.93. The number of hydrogen-bond acceptors (Lipinski definition) is 1. The van der Waals surface area contributed by atoms with Gasteiger partial charge in [-0.05, 0) is 84.7 Å². The fraction of sp³-hybridized carbons (Fsp3) is 0.200. The van der Waals surface area contributed by atoms with Crippen molar-refractivity contribution in [2.45, 2.75) is 25.7 Å². The van der Waals surface area contributed by atoms with Crippen LogP contribution in [0.3, 0.4) is 0 Å². The average Bonchev–Trinajstić information content (AvgIpc) is 3.52. The van der Waals surface area contributed by atoms with Crippen LogP contribution in [0, 0.1) is 5.92 Å². The van der Waals surface area contributed by atoms with Crippen LogP contribution >= 0.6 is 11.6 Å². The van der Waals surface area contributed by atoms with Crippen LogP contribution in [0.4, 0.5) is 0 Å². The van der Waals surface area contributed by atoms with Crippen molar-refractivity contribution in [2.24, 2.45) is 5.92 Å². The highest BCUT2D eigenvalue weighted by atomic mass is 35.5. The van der Waals surface area contributed by atoms with Gasteiger partial charge in [0, 0.05) is 5.02 Å². The second kappa shape index (κ2) is 8.45. The van der Waals surface area contributed by atoms with Gasteiger partial charge in [-0.1, -0.05) is 60.1 Å². The third-order valence-corrected chi connectivity index (χ3v) is 5.12. The van der Waals surface area contributed by atoms with Crippen LogP contribution in [0.25, 0.3) is 5.57 Å². The lowest BCUT2D eigenvalue weighted by atomic mass is 9.99. The summed E-state index contributed by atoms with van der Waals surface area (Å²) in [7, 11) is 0. The molecule has 0 N–H and O–H groups in total. The molecule has 1 aliphatic rings. The summed E-state index contributed by atoms with van der Waals surface area (Å²) in [4.78, 5) is 0. The quantitative estimate of drug-likeness (QED) is 0.414. The molecule has 2 heteroatoms. The lowest BCUT2D eigenvalue weighted by molar-refractivity contribution is 0.482. The van der Waals surface area contributed by atoms with Crippen molar-refractivity contribution in [1.29, 1.82) is 0 Å². The van der Waals surface area contributed by atoms with Gasteiger partial charge in [-0.15, -0.1) is 0 Å². The Morgan fingerprint density at radius 1 is 0.889 bits per heavy atom. The van der Waals surface area contributed by atoms with Gasteiger partial charge in [0.25, 0.3) is 0 Å². The molecule has 0 spiro atoms. The third-order valence-electron chi connectivity index (χ3n) is 4.87. The van der Waals surface area contributed by atoms with Crippen LogP contribution in [0.15, 0.2) is 84.9 Å². The molecule has 1 fully saturated rings. The van der Waals surface area contributed by atoms with Crippen LogP contribution in [-0.2, 0) is 6.42 Å². The molecule has 4 rings (SSSR count). The lowest BCUT2D eigenvalue weighted by Gasteiger charge is -2.09. The molecular formula is C25H23ClO. The molecule has 0 radical (unpaired) electrons. The van der Waals surface area contributed by atoms with Crippen molar-refractivity contribution in [2.75, 3.05) is 0 Å². The standard InChI is InChI=1S/C25H23ClO/c26-22-16-14-21(15-17-22)25(20-12-13-20)11-5-7-19-6-4-10-24(18-19)27-23-8-2-1-3-9-23/h1-4,6,8-11,14-18,20H,5,7,12-13H2. The molecule has 27 heavy (non-hydrogen) atoms. The smallest absolute Gasteiger partial charge is 0.127 e. The number of ether oxygens (including phenoxy) is 1. The van der Waals surface area contributed by atoms with Crippen molar-refractivity contribution < 1.29 is 4.74 Å².